The predicted octanol–water partition coefficient (Wildman–Crippen LogP) is 1.71. The molecule has 2 unspecified atom stereocenters. The Hall–Kier alpha value is -1.88. The Kier molecular flexibility index (Phi) is 4.96. The van der Waals surface area contributed by atoms with Gasteiger partial charge in [-0.05, 0) is 38.4 Å². The van der Waals surface area contributed by atoms with Crippen molar-refractivity contribution in [3.05, 3.63) is 29.8 Å². The summed E-state index contributed by atoms with van der Waals surface area (Å²) in [4.78, 5) is 26.0. The van der Waals surface area contributed by atoms with Gasteiger partial charge >= 0.3 is 0 Å². The second-order valence-corrected chi connectivity index (χ2v) is 5.81. The number of amides is 2. The number of piperidine rings is 1. The number of nitrogens with one attached hydrogen (secondary N) is 2. The van der Waals surface area contributed by atoms with Gasteiger partial charge in [-0.25, -0.2) is 0 Å². The van der Waals surface area contributed by atoms with Crippen LogP contribution in [-0.2, 0) is 4.79 Å². The van der Waals surface area contributed by atoms with E-state index < -0.39 is 0 Å². The highest BCUT2D eigenvalue weighted by molar-refractivity contribution is 6.04. The Balaban J connectivity index is 2.12. The fourth-order valence-corrected chi connectivity index (χ4v) is 2.62. The standard InChI is InChI=1S/C16H23N3O2/c1-11-10-12(8-9-17-11)15(20)18-14-7-5-4-6-13(14)16(21)19(2)3/h4-7,11-12,17H,8-10H2,1-3H3,(H,18,20). The first-order valence-corrected chi connectivity index (χ1v) is 7.34. The van der Waals surface area contributed by atoms with E-state index in [1.807, 2.05) is 6.07 Å². The van der Waals surface area contributed by atoms with Gasteiger partial charge in [0.1, 0.15) is 0 Å². The molecule has 2 rings (SSSR count). The maximum atomic E-state index is 12.4. The normalized spacial score (nSPS) is 21.7. The molecule has 1 aromatic rings. The highest BCUT2D eigenvalue weighted by atomic mass is 16.2. The molecule has 0 saturated carbocycles. The third-order valence-electron chi connectivity index (χ3n) is 3.82. The van der Waals surface area contributed by atoms with Crippen molar-refractivity contribution < 1.29 is 9.59 Å². The van der Waals surface area contributed by atoms with Crippen molar-refractivity contribution in [2.75, 3.05) is 26.0 Å². The molecule has 114 valence electrons. The molecule has 5 heteroatoms. The summed E-state index contributed by atoms with van der Waals surface area (Å²) in [7, 11) is 3.41. The second-order valence-electron chi connectivity index (χ2n) is 5.81. The van der Waals surface area contributed by atoms with Gasteiger partial charge in [0.2, 0.25) is 5.91 Å². The molecule has 2 atom stereocenters. The van der Waals surface area contributed by atoms with Crippen LogP contribution in [0.1, 0.15) is 30.1 Å². The van der Waals surface area contributed by atoms with Gasteiger partial charge in [-0.15, -0.1) is 0 Å². The molecule has 2 amide bonds. The summed E-state index contributed by atoms with van der Waals surface area (Å²) in [6, 6.07) is 7.50. The third-order valence-corrected chi connectivity index (χ3v) is 3.82. The van der Waals surface area contributed by atoms with Gasteiger partial charge in [0.05, 0.1) is 11.3 Å². The number of carbonyl (C=O) groups is 2. The minimum absolute atomic E-state index is 0.00218. The SMILES string of the molecule is CC1CC(C(=O)Nc2ccccc2C(=O)N(C)C)CCN1. The number of carbonyl (C=O) groups excluding carboxylic acids is 2. The molecule has 21 heavy (non-hydrogen) atoms. The third kappa shape index (κ3) is 3.82. The van der Waals surface area contributed by atoms with Gasteiger partial charge in [-0.3, -0.25) is 9.59 Å². The van der Waals surface area contributed by atoms with E-state index in [9.17, 15) is 9.59 Å². The number of anilines is 1. The average Bonchev–Trinajstić information content (AvgIpc) is 2.47. The Morgan fingerprint density at radius 2 is 2.00 bits per heavy atom. The number of hydrogen-bond donors (Lipinski definition) is 2. The maximum absolute atomic E-state index is 12.4. The van der Waals surface area contributed by atoms with Crippen LogP contribution in [0.15, 0.2) is 24.3 Å². The summed E-state index contributed by atoms with van der Waals surface area (Å²) in [5.41, 5.74) is 1.12. The first-order valence-electron chi connectivity index (χ1n) is 7.34. The first kappa shape index (κ1) is 15.5. The minimum atomic E-state index is -0.107. The molecule has 1 aliphatic rings. The number of hydrogen-bond acceptors (Lipinski definition) is 3. The van der Waals surface area contributed by atoms with Crippen molar-refractivity contribution in [2.24, 2.45) is 5.92 Å². The highest BCUT2D eigenvalue weighted by Gasteiger charge is 2.25. The lowest BCUT2D eigenvalue weighted by atomic mass is 9.92. The summed E-state index contributed by atoms with van der Waals surface area (Å²) < 4.78 is 0. The Morgan fingerprint density at radius 3 is 2.67 bits per heavy atom. The van der Waals surface area contributed by atoms with Crippen molar-refractivity contribution >= 4 is 17.5 Å². The molecule has 5 nitrogen and oxygen atoms in total. The molecule has 2 N–H and O–H groups in total. The van der Waals surface area contributed by atoms with Gasteiger partial charge in [0.25, 0.3) is 5.91 Å². The fourth-order valence-electron chi connectivity index (χ4n) is 2.62. The predicted molar refractivity (Wildman–Crippen MR) is 83.3 cm³/mol. The van der Waals surface area contributed by atoms with E-state index in [-0.39, 0.29) is 17.7 Å². The largest absolute Gasteiger partial charge is 0.345 e. The smallest absolute Gasteiger partial charge is 0.255 e. The van der Waals surface area contributed by atoms with Crippen molar-refractivity contribution in [3.8, 4) is 0 Å². The van der Waals surface area contributed by atoms with Crippen LogP contribution in [0.25, 0.3) is 0 Å². The summed E-state index contributed by atoms with van der Waals surface area (Å²) in [6.45, 7) is 2.94. The van der Waals surface area contributed by atoms with E-state index in [4.69, 9.17) is 0 Å². The molecule has 0 radical (unpaired) electrons. The lowest BCUT2D eigenvalue weighted by Gasteiger charge is -2.27. The zero-order valence-corrected chi connectivity index (χ0v) is 12.8. The zero-order chi connectivity index (χ0) is 15.4. The van der Waals surface area contributed by atoms with Gasteiger partial charge in [0, 0.05) is 26.1 Å². The Labute approximate surface area is 125 Å². The molecule has 0 aliphatic carbocycles. The van der Waals surface area contributed by atoms with Crippen LogP contribution < -0.4 is 10.6 Å². The van der Waals surface area contributed by atoms with Crippen LogP contribution in [0, 0.1) is 5.92 Å². The van der Waals surface area contributed by atoms with Crippen LogP contribution in [0.4, 0.5) is 5.69 Å². The summed E-state index contributed by atoms with van der Waals surface area (Å²) in [6.07, 6.45) is 1.66. The lowest BCUT2D eigenvalue weighted by molar-refractivity contribution is -0.120. The van der Waals surface area contributed by atoms with Crippen molar-refractivity contribution in [1.82, 2.24) is 10.2 Å². The molecule has 1 aliphatic heterocycles. The van der Waals surface area contributed by atoms with Crippen molar-refractivity contribution in [1.29, 1.82) is 0 Å². The summed E-state index contributed by atoms with van der Waals surface area (Å²) in [5, 5.41) is 6.26. The monoisotopic (exact) mass is 289 g/mol. The number of rotatable bonds is 3. The van der Waals surface area contributed by atoms with Crippen LogP contribution in [-0.4, -0.2) is 43.4 Å². The quantitative estimate of drug-likeness (QED) is 0.890. The fraction of sp³-hybridized carbons (Fsp3) is 0.500. The van der Waals surface area contributed by atoms with E-state index in [1.54, 1.807) is 32.3 Å². The summed E-state index contributed by atoms with van der Waals surface area (Å²) in [5.74, 6) is -0.101. The van der Waals surface area contributed by atoms with Gasteiger partial charge in [0.15, 0.2) is 0 Å². The highest BCUT2D eigenvalue weighted by Crippen LogP contribution is 2.21. The maximum Gasteiger partial charge on any atom is 0.255 e. The average molecular weight is 289 g/mol. The molecule has 1 heterocycles. The number of para-hydroxylation sites is 1. The molecule has 0 aromatic heterocycles. The molecule has 1 saturated heterocycles. The minimum Gasteiger partial charge on any atom is -0.345 e. The van der Waals surface area contributed by atoms with Gasteiger partial charge in [-0.2, -0.15) is 0 Å². The number of benzene rings is 1. The molecular weight excluding hydrogens is 266 g/mol. The van der Waals surface area contributed by atoms with Crippen LogP contribution >= 0.6 is 0 Å². The van der Waals surface area contributed by atoms with E-state index >= 15 is 0 Å². The van der Waals surface area contributed by atoms with Crippen LogP contribution in [0.3, 0.4) is 0 Å². The van der Waals surface area contributed by atoms with E-state index in [0.29, 0.717) is 17.3 Å². The zero-order valence-electron chi connectivity index (χ0n) is 12.8. The molecule has 1 fully saturated rings. The van der Waals surface area contributed by atoms with E-state index in [0.717, 1.165) is 19.4 Å². The summed E-state index contributed by atoms with van der Waals surface area (Å²) >= 11 is 0. The van der Waals surface area contributed by atoms with Crippen molar-refractivity contribution in [3.63, 3.8) is 0 Å². The van der Waals surface area contributed by atoms with Crippen LogP contribution in [0.2, 0.25) is 0 Å². The topological polar surface area (TPSA) is 61.4 Å². The van der Waals surface area contributed by atoms with Crippen LogP contribution in [0.5, 0.6) is 0 Å². The Bertz CT molecular complexity index is 528. The lowest BCUT2D eigenvalue weighted by Crippen LogP contribution is -2.40. The van der Waals surface area contributed by atoms with Gasteiger partial charge in [-0.1, -0.05) is 12.1 Å². The Morgan fingerprint density at radius 1 is 1.29 bits per heavy atom. The van der Waals surface area contributed by atoms with Crippen molar-refractivity contribution in [2.45, 2.75) is 25.8 Å². The second kappa shape index (κ2) is 6.72. The van der Waals surface area contributed by atoms with Gasteiger partial charge < -0.3 is 15.5 Å². The first-order chi connectivity index (χ1) is 9.99. The number of nitrogens with zero attached hydrogens (tertiary/aromatic N) is 1. The van der Waals surface area contributed by atoms with E-state index in [1.165, 1.54) is 4.90 Å². The molecule has 1 aromatic carbocycles. The molecular formula is C16H23N3O2. The molecule has 0 spiro atoms. The molecule has 0 bridgehead atoms. The van der Waals surface area contributed by atoms with E-state index in [2.05, 4.69) is 17.6 Å².